The van der Waals surface area contributed by atoms with Crippen LogP contribution in [0.5, 0.6) is 5.75 Å². The van der Waals surface area contributed by atoms with Crippen LogP contribution in [0.4, 0.5) is 4.79 Å². The molecule has 2 atom stereocenters. The fraction of sp³-hybridized carbons (Fsp3) is 0.348. The van der Waals surface area contributed by atoms with Crippen molar-refractivity contribution < 1.29 is 24.2 Å². The van der Waals surface area contributed by atoms with Crippen LogP contribution in [0.3, 0.4) is 0 Å². The van der Waals surface area contributed by atoms with E-state index < -0.39 is 17.7 Å². The van der Waals surface area contributed by atoms with Crippen molar-refractivity contribution in [3.63, 3.8) is 0 Å². The van der Waals surface area contributed by atoms with E-state index in [0.29, 0.717) is 17.7 Å². The molecule has 0 radical (unpaired) electrons. The smallest absolute Gasteiger partial charge is 0.325 e. The van der Waals surface area contributed by atoms with E-state index in [1.807, 2.05) is 24.3 Å². The molecule has 1 aliphatic heterocycles. The minimum atomic E-state index is -1.05. The largest absolute Gasteiger partial charge is 0.491 e. The molecular weight excluding hydrogens is 384 g/mol. The minimum Gasteiger partial charge on any atom is -0.491 e. The number of β-amino-alcohol motifs (C(OH)–C–C–N with tert-alkyl or cyclic N) is 1. The van der Waals surface area contributed by atoms with Gasteiger partial charge >= 0.3 is 6.03 Å². The number of imide groups is 1. The number of carbonyl (C=O) groups is 3. The van der Waals surface area contributed by atoms with E-state index in [0.717, 1.165) is 28.9 Å². The minimum absolute atomic E-state index is 0.0432. The Morgan fingerprint density at radius 3 is 2.67 bits per heavy atom. The van der Waals surface area contributed by atoms with Crippen LogP contribution in [0.15, 0.2) is 48.5 Å². The summed E-state index contributed by atoms with van der Waals surface area (Å²) in [6.45, 7) is 1.25. The van der Waals surface area contributed by atoms with E-state index in [1.54, 1.807) is 24.3 Å². The van der Waals surface area contributed by atoms with Crippen molar-refractivity contribution in [2.75, 3.05) is 13.2 Å². The summed E-state index contributed by atoms with van der Waals surface area (Å²) in [5.74, 6) is 0.122. The molecule has 2 aliphatic rings. The number of nitrogens with zero attached hydrogens (tertiary/aromatic N) is 1. The van der Waals surface area contributed by atoms with Gasteiger partial charge in [-0.15, -0.1) is 0 Å². The topological polar surface area (TPSA) is 95.9 Å². The van der Waals surface area contributed by atoms with Gasteiger partial charge in [0.25, 0.3) is 5.91 Å². The molecule has 4 rings (SSSR count). The lowest BCUT2D eigenvalue weighted by Crippen LogP contribution is -2.47. The average molecular weight is 408 g/mol. The number of hydrogen-bond donors (Lipinski definition) is 2. The van der Waals surface area contributed by atoms with Gasteiger partial charge in [-0.2, -0.15) is 0 Å². The highest BCUT2D eigenvalue weighted by Crippen LogP contribution is 2.39. The van der Waals surface area contributed by atoms with Crippen molar-refractivity contribution in [3.8, 4) is 5.75 Å². The number of Topliss-reactive ketones (excluding diaryl/α,β-unsaturated/α-hetero) is 1. The van der Waals surface area contributed by atoms with Crippen LogP contribution in [-0.2, 0) is 16.8 Å². The molecule has 0 bridgehead atoms. The maximum Gasteiger partial charge on any atom is 0.325 e. The summed E-state index contributed by atoms with van der Waals surface area (Å²) in [7, 11) is 0. The van der Waals surface area contributed by atoms with Crippen LogP contribution in [0.1, 0.15) is 41.3 Å². The Morgan fingerprint density at radius 1 is 1.20 bits per heavy atom. The van der Waals surface area contributed by atoms with E-state index in [-0.39, 0.29) is 24.8 Å². The molecule has 2 aromatic rings. The standard InChI is InChI=1S/C23H24N2O5/c1-15(26)16-8-10-19(11-9-16)30-14-18(27)13-25-21(28)23(24-22(25)29)12-4-6-17-5-2-3-7-20(17)23/h2-3,5,7-11,18,27H,4,6,12-14H2,1H3,(H,24,29)/t18-,23-/m1/s1. The van der Waals surface area contributed by atoms with Crippen molar-refractivity contribution in [1.29, 1.82) is 0 Å². The second-order valence-corrected chi connectivity index (χ2v) is 7.81. The summed E-state index contributed by atoms with van der Waals surface area (Å²) in [6.07, 6.45) is 1.18. The van der Waals surface area contributed by atoms with Gasteiger partial charge in [-0.05, 0) is 61.6 Å². The zero-order valence-electron chi connectivity index (χ0n) is 16.8. The number of aliphatic hydroxyl groups excluding tert-OH is 1. The lowest BCUT2D eigenvalue weighted by atomic mass is 9.76. The number of hydrogen-bond acceptors (Lipinski definition) is 5. The van der Waals surface area contributed by atoms with E-state index in [4.69, 9.17) is 4.74 Å². The van der Waals surface area contributed by atoms with Crippen LogP contribution >= 0.6 is 0 Å². The first-order valence-corrected chi connectivity index (χ1v) is 10.0. The van der Waals surface area contributed by atoms with Gasteiger partial charge in [-0.3, -0.25) is 14.5 Å². The molecule has 2 aromatic carbocycles. The van der Waals surface area contributed by atoms with Gasteiger partial charge in [0, 0.05) is 5.56 Å². The Kier molecular flexibility index (Phi) is 5.30. The number of benzene rings is 2. The first-order valence-electron chi connectivity index (χ1n) is 10.0. The number of aliphatic hydroxyl groups is 1. The molecule has 30 heavy (non-hydrogen) atoms. The van der Waals surface area contributed by atoms with Crippen molar-refractivity contribution >= 4 is 17.7 Å². The summed E-state index contributed by atoms with van der Waals surface area (Å²) < 4.78 is 5.55. The Labute approximate surface area is 174 Å². The molecule has 1 aliphatic carbocycles. The van der Waals surface area contributed by atoms with Crippen LogP contribution < -0.4 is 10.1 Å². The number of urea groups is 1. The quantitative estimate of drug-likeness (QED) is 0.565. The number of carbonyl (C=O) groups excluding carboxylic acids is 3. The van der Waals surface area contributed by atoms with E-state index in [2.05, 4.69) is 5.32 Å². The Balaban J connectivity index is 1.42. The Morgan fingerprint density at radius 2 is 1.93 bits per heavy atom. The van der Waals surface area contributed by atoms with Crippen LogP contribution in [-0.4, -0.2) is 47.0 Å². The fourth-order valence-electron chi connectivity index (χ4n) is 4.22. The van der Waals surface area contributed by atoms with Crippen LogP contribution in [0, 0.1) is 0 Å². The number of ether oxygens (including phenoxy) is 1. The lowest BCUT2D eigenvalue weighted by Gasteiger charge is -2.33. The molecule has 3 amide bonds. The molecular formula is C23H24N2O5. The summed E-state index contributed by atoms with van der Waals surface area (Å²) in [6, 6.07) is 13.8. The molecule has 7 nitrogen and oxygen atoms in total. The van der Waals surface area contributed by atoms with Gasteiger partial charge in [-0.25, -0.2) is 4.79 Å². The third kappa shape index (κ3) is 3.57. The monoisotopic (exact) mass is 408 g/mol. The molecule has 1 spiro atoms. The first kappa shape index (κ1) is 20.1. The SMILES string of the molecule is CC(=O)c1ccc(OC[C@H](O)CN2C(=O)N[C@@]3(CCCc4ccccc43)C2=O)cc1. The van der Waals surface area contributed by atoms with Crippen LogP contribution in [0.25, 0.3) is 0 Å². The fourth-order valence-corrected chi connectivity index (χ4v) is 4.22. The summed E-state index contributed by atoms with van der Waals surface area (Å²) in [5, 5.41) is 13.3. The molecule has 0 unspecified atom stereocenters. The van der Waals surface area contributed by atoms with Crippen molar-refractivity contribution in [1.82, 2.24) is 10.2 Å². The highest BCUT2D eigenvalue weighted by molar-refractivity contribution is 6.07. The Bertz CT molecular complexity index is 987. The molecule has 1 heterocycles. The highest BCUT2D eigenvalue weighted by Gasteiger charge is 2.54. The molecule has 0 aromatic heterocycles. The first-order chi connectivity index (χ1) is 14.4. The predicted molar refractivity (Wildman–Crippen MR) is 109 cm³/mol. The van der Waals surface area contributed by atoms with Gasteiger partial charge in [0.05, 0.1) is 6.54 Å². The van der Waals surface area contributed by atoms with Gasteiger partial charge in [-0.1, -0.05) is 24.3 Å². The van der Waals surface area contributed by atoms with Gasteiger partial charge < -0.3 is 15.2 Å². The number of nitrogens with one attached hydrogen (secondary N) is 1. The van der Waals surface area contributed by atoms with E-state index >= 15 is 0 Å². The zero-order chi connectivity index (χ0) is 21.3. The summed E-state index contributed by atoms with van der Waals surface area (Å²) >= 11 is 0. The maximum absolute atomic E-state index is 13.2. The van der Waals surface area contributed by atoms with Gasteiger partial charge in [0.1, 0.15) is 24.0 Å². The highest BCUT2D eigenvalue weighted by atomic mass is 16.5. The van der Waals surface area contributed by atoms with E-state index in [9.17, 15) is 19.5 Å². The average Bonchev–Trinajstić information content (AvgIpc) is 2.97. The van der Waals surface area contributed by atoms with E-state index in [1.165, 1.54) is 6.92 Å². The third-order valence-corrected chi connectivity index (χ3v) is 5.75. The predicted octanol–water partition coefficient (Wildman–Crippen LogP) is 2.41. The number of fused-ring (bicyclic) bond motifs is 2. The number of amides is 3. The van der Waals surface area contributed by atoms with Crippen molar-refractivity contribution in [2.24, 2.45) is 0 Å². The number of aryl methyl sites for hydroxylation is 1. The second-order valence-electron chi connectivity index (χ2n) is 7.81. The van der Waals surface area contributed by atoms with Gasteiger partial charge in [0.2, 0.25) is 0 Å². The normalized spacial score (nSPS) is 21.3. The molecule has 156 valence electrons. The molecule has 2 N–H and O–H groups in total. The third-order valence-electron chi connectivity index (χ3n) is 5.75. The van der Waals surface area contributed by atoms with Crippen LogP contribution in [0.2, 0.25) is 0 Å². The molecule has 0 saturated carbocycles. The van der Waals surface area contributed by atoms with Gasteiger partial charge in [0.15, 0.2) is 5.78 Å². The van der Waals surface area contributed by atoms with Crippen molar-refractivity contribution in [2.45, 2.75) is 37.8 Å². The summed E-state index contributed by atoms with van der Waals surface area (Å²) in [5.41, 5.74) is 1.43. The molecule has 1 saturated heterocycles. The summed E-state index contributed by atoms with van der Waals surface area (Å²) in [4.78, 5) is 38.2. The molecule has 1 fully saturated rings. The number of ketones is 1. The Hall–Kier alpha value is -3.19. The molecule has 7 heteroatoms. The second kappa shape index (κ2) is 7.91. The number of rotatable bonds is 6. The maximum atomic E-state index is 13.2. The zero-order valence-corrected chi connectivity index (χ0v) is 16.8. The van der Waals surface area contributed by atoms with Crippen molar-refractivity contribution in [3.05, 3.63) is 65.2 Å². The lowest BCUT2D eigenvalue weighted by molar-refractivity contribution is -0.133.